The highest BCUT2D eigenvalue weighted by Gasteiger charge is 2.38. The number of carbonyl (C=O) groups excluding carboxylic acids is 1. The van der Waals surface area contributed by atoms with E-state index in [-0.39, 0.29) is 25.8 Å². The largest absolute Gasteiger partial charge is 0.416 e. The minimum Gasteiger partial charge on any atom is -0.394 e. The molecule has 4 nitrogen and oxygen atoms in total. The molecule has 1 saturated heterocycles. The molecule has 134 valence electrons. The number of carbonyl (C=O) groups is 1. The third-order valence-corrected chi connectivity index (χ3v) is 3.46. The third-order valence-electron chi connectivity index (χ3n) is 3.46. The Morgan fingerprint density at radius 1 is 1.12 bits per heavy atom. The summed E-state index contributed by atoms with van der Waals surface area (Å²) in [4.78, 5) is 13.3. The molecule has 1 amide bonds. The second kappa shape index (κ2) is 6.60. The molecule has 1 N–H and O–H groups in total. The van der Waals surface area contributed by atoms with E-state index in [0.29, 0.717) is 12.1 Å². The van der Waals surface area contributed by atoms with Crippen molar-refractivity contribution in [2.24, 2.45) is 0 Å². The molecule has 0 aromatic heterocycles. The van der Waals surface area contributed by atoms with Gasteiger partial charge in [-0.05, 0) is 18.2 Å². The van der Waals surface area contributed by atoms with E-state index in [1.54, 1.807) is 0 Å². The molecule has 2 rings (SSSR count). The second-order valence-corrected chi connectivity index (χ2v) is 5.22. The van der Waals surface area contributed by atoms with Crippen LogP contribution in [0.4, 0.5) is 26.3 Å². The maximum atomic E-state index is 12.8. The molecule has 0 radical (unpaired) electrons. The van der Waals surface area contributed by atoms with Gasteiger partial charge < -0.3 is 14.7 Å². The lowest BCUT2D eigenvalue weighted by atomic mass is 10.0. The van der Waals surface area contributed by atoms with E-state index in [1.165, 1.54) is 0 Å². The van der Waals surface area contributed by atoms with Crippen molar-refractivity contribution in [2.45, 2.75) is 18.5 Å². The predicted molar refractivity (Wildman–Crippen MR) is 69.2 cm³/mol. The van der Waals surface area contributed by atoms with Gasteiger partial charge in [-0.2, -0.15) is 26.3 Å². The number of aliphatic hydroxyl groups excluding tert-OH is 1. The number of nitrogens with zero attached hydrogens (tertiary/aromatic N) is 1. The summed E-state index contributed by atoms with van der Waals surface area (Å²) in [6.45, 7) is -0.498. The first-order chi connectivity index (χ1) is 11.0. The van der Waals surface area contributed by atoms with Gasteiger partial charge in [0.2, 0.25) is 0 Å². The predicted octanol–water partition coefficient (Wildman–Crippen LogP) is 2.56. The number of amides is 1. The van der Waals surface area contributed by atoms with Gasteiger partial charge in [0.05, 0.1) is 30.4 Å². The Balaban J connectivity index is 2.39. The number of rotatable bonds is 2. The summed E-state index contributed by atoms with van der Waals surface area (Å²) < 4.78 is 82.0. The molecule has 1 heterocycles. The lowest BCUT2D eigenvalue weighted by Gasteiger charge is -2.32. The molecule has 0 unspecified atom stereocenters. The van der Waals surface area contributed by atoms with E-state index in [0.717, 1.165) is 4.90 Å². The molecule has 10 heteroatoms. The van der Waals surface area contributed by atoms with Crippen LogP contribution in [0.2, 0.25) is 0 Å². The standard InChI is InChI=1S/C14H13F6NO3/c15-13(16,17)9-3-8(4-10(5-9)14(18,19)20)12(23)21-1-2-24-11(6-21)7-22/h3-5,11,22H,1-2,6-7H2/t11-/m0/s1. The van der Waals surface area contributed by atoms with Crippen molar-refractivity contribution in [1.82, 2.24) is 4.90 Å². The first-order valence-electron chi connectivity index (χ1n) is 6.83. The van der Waals surface area contributed by atoms with Gasteiger partial charge in [0.15, 0.2) is 0 Å². The fourth-order valence-electron chi connectivity index (χ4n) is 2.28. The molecule has 0 bridgehead atoms. The van der Waals surface area contributed by atoms with Gasteiger partial charge in [-0.25, -0.2) is 0 Å². The Hall–Kier alpha value is -1.81. The molecule has 0 spiro atoms. The van der Waals surface area contributed by atoms with Crippen LogP contribution < -0.4 is 0 Å². The van der Waals surface area contributed by atoms with Crippen molar-refractivity contribution in [3.05, 3.63) is 34.9 Å². The molecule has 0 saturated carbocycles. The SMILES string of the molecule is O=C(c1cc(C(F)(F)F)cc(C(F)(F)F)c1)N1CCO[C@H](CO)C1. The summed E-state index contributed by atoms with van der Waals surface area (Å²) in [7, 11) is 0. The summed E-state index contributed by atoms with van der Waals surface area (Å²) in [5.41, 5.74) is -3.81. The zero-order chi connectivity index (χ0) is 18.1. The van der Waals surface area contributed by atoms with E-state index in [9.17, 15) is 31.1 Å². The van der Waals surface area contributed by atoms with Crippen molar-refractivity contribution in [2.75, 3.05) is 26.3 Å². The fourth-order valence-corrected chi connectivity index (χ4v) is 2.28. The number of ether oxygens (including phenoxy) is 1. The van der Waals surface area contributed by atoms with Crippen LogP contribution >= 0.6 is 0 Å². The minimum atomic E-state index is -5.02. The van der Waals surface area contributed by atoms with Gasteiger partial charge in [-0.1, -0.05) is 0 Å². The minimum absolute atomic E-state index is 0.00687. The van der Waals surface area contributed by atoms with E-state index in [2.05, 4.69) is 0 Å². The first-order valence-corrected chi connectivity index (χ1v) is 6.83. The number of morpholine rings is 1. The Labute approximate surface area is 132 Å². The lowest BCUT2D eigenvalue weighted by molar-refractivity contribution is -0.143. The van der Waals surface area contributed by atoms with E-state index in [1.807, 2.05) is 0 Å². The van der Waals surface area contributed by atoms with Crippen LogP contribution in [0.1, 0.15) is 21.5 Å². The lowest BCUT2D eigenvalue weighted by Crippen LogP contribution is -2.47. The Bertz CT molecular complexity index is 581. The molecular weight excluding hydrogens is 344 g/mol. The highest BCUT2D eigenvalue weighted by Crippen LogP contribution is 2.36. The zero-order valence-electron chi connectivity index (χ0n) is 12.1. The van der Waals surface area contributed by atoms with Gasteiger partial charge >= 0.3 is 12.4 Å². The number of hydrogen-bond donors (Lipinski definition) is 1. The average molecular weight is 357 g/mol. The summed E-state index contributed by atoms with van der Waals surface area (Å²) in [6.07, 6.45) is -10.8. The molecule has 1 fully saturated rings. The Morgan fingerprint density at radius 3 is 2.12 bits per heavy atom. The summed E-state index contributed by atoms with van der Waals surface area (Å²) in [5, 5.41) is 9.00. The summed E-state index contributed by atoms with van der Waals surface area (Å²) >= 11 is 0. The number of hydrogen-bond acceptors (Lipinski definition) is 3. The first kappa shape index (κ1) is 18.5. The van der Waals surface area contributed by atoms with Gasteiger partial charge in [0.25, 0.3) is 5.91 Å². The van der Waals surface area contributed by atoms with Crippen LogP contribution in [0, 0.1) is 0 Å². The average Bonchev–Trinajstić information content (AvgIpc) is 2.52. The molecule has 0 aliphatic carbocycles. The molecule has 1 aliphatic rings. The number of halogens is 6. The number of alkyl halides is 6. The monoisotopic (exact) mass is 357 g/mol. The van der Waals surface area contributed by atoms with Crippen molar-refractivity contribution >= 4 is 5.91 Å². The normalized spacial score (nSPS) is 19.5. The van der Waals surface area contributed by atoms with Crippen LogP contribution in [-0.2, 0) is 17.1 Å². The molecule has 1 atom stereocenters. The number of benzene rings is 1. The summed E-state index contributed by atoms with van der Waals surface area (Å²) in [6, 6.07) is 0.745. The van der Waals surface area contributed by atoms with E-state index in [4.69, 9.17) is 9.84 Å². The van der Waals surface area contributed by atoms with Crippen molar-refractivity contribution in [3.63, 3.8) is 0 Å². The molecular formula is C14H13F6NO3. The van der Waals surface area contributed by atoms with Crippen molar-refractivity contribution in [1.29, 1.82) is 0 Å². The fraction of sp³-hybridized carbons (Fsp3) is 0.500. The van der Waals surface area contributed by atoms with Crippen LogP contribution in [0.15, 0.2) is 18.2 Å². The molecule has 24 heavy (non-hydrogen) atoms. The highest BCUT2D eigenvalue weighted by molar-refractivity contribution is 5.94. The maximum absolute atomic E-state index is 12.8. The zero-order valence-corrected chi connectivity index (χ0v) is 12.1. The van der Waals surface area contributed by atoms with Gasteiger partial charge in [0.1, 0.15) is 0 Å². The van der Waals surface area contributed by atoms with Crippen LogP contribution in [0.5, 0.6) is 0 Å². The number of aliphatic hydroxyl groups is 1. The smallest absolute Gasteiger partial charge is 0.394 e. The summed E-state index contributed by atoms with van der Waals surface area (Å²) in [5.74, 6) is -0.978. The Morgan fingerprint density at radius 2 is 1.67 bits per heavy atom. The van der Waals surface area contributed by atoms with E-state index >= 15 is 0 Å². The topological polar surface area (TPSA) is 49.8 Å². The maximum Gasteiger partial charge on any atom is 0.416 e. The molecule has 1 aliphatic heterocycles. The highest BCUT2D eigenvalue weighted by atomic mass is 19.4. The van der Waals surface area contributed by atoms with Crippen LogP contribution in [0.3, 0.4) is 0 Å². The van der Waals surface area contributed by atoms with Gasteiger partial charge in [-0.15, -0.1) is 0 Å². The quantitative estimate of drug-likeness (QED) is 0.828. The van der Waals surface area contributed by atoms with Gasteiger partial charge in [0, 0.05) is 18.7 Å². The third kappa shape index (κ3) is 4.18. The van der Waals surface area contributed by atoms with Crippen molar-refractivity contribution < 1.29 is 41.0 Å². The van der Waals surface area contributed by atoms with Crippen molar-refractivity contribution in [3.8, 4) is 0 Å². The van der Waals surface area contributed by atoms with Crippen LogP contribution in [-0.4, -0.2) is 48.3 Å². The van der Waals surface area contributed by atoms with Crippen LogP contribution in [0.25, 0.3) is 0 Å². The van der Waals surface area contributed by atoms with E-state index < -0.39 is 47.7 Å². The Kier molecular flexibility index (Phi) is 5.09. The molecule has 1 aromatic carbocycles. The molecule has 1 aromatic rings. The van der Waals surface area contributed by atoms with Gasteiger partial charge in [-0.3, -0.25) is 4.79 Å². The second-order valence-electron chi connectivity index (χ2n) is 5.22.